The van der Waals surface area contributed by atoms with Gasteiger partial charge in [-0.05, 0) is 31.5 Å². The van der Waals surface area contributed by atoms with E-state index in [1.165, 1.54) is 38.6 Å². The van der Waals surface area contributed by atoms with Crippen molar-refractivity contribution in [2.75, 3.05) is 19.5 Å². The lowest BCUT2D eigenvalue weighted by Gasteiger charge is -2.27. The summed E-state index contributed by atoms with van der Waals surface area (Å²) in [5, 5.41) is 4.41. The molecule has 0 bridgehead atoms. The van der Waals surface area contributed by atoms with Crippen LogP contribution in [0.3, 0.4) is 0 Å². The highest BCUT2D eigenvalue weighted by Crippen LogP contribution is 2.52. The number of anilines is 1. The van der Waals surface area contributed by atoms with E-state index in [0.29, 0.717) is 0 Å². The Bertz CT molecular complexity index is 1080. The van der Waals surface area contributed by atoms with Crippen molar-refractivity contribution >= 4 is 29.1 Å². The number of benzene rings is 1. The Hall–Kier alpha value is -2.92. The van der Waals surface area contributed by atoms with Crippen molar-refractivity contribution < 1.29 is 36.6 Å². The van der Waals surface area contributed by atoms with Crippen molar-refractivity contribution in [2.45, 2.75) is 37.1 Å². The monoisotopic (exact) mass is 489 g/mol. The minimum Gasteiger partial charge on any atom is -0.495 e. The zero-order chi connectivity index (χ0) is 24.6. The number of hydrogen-bond donors (Lipinski definition) is 2. The largest absolute Gasteiger partial charge is 0.495 e. The molecule has 178 valence electrons. The van der Waals surface area contributed by atoms with Gasteiger partial charge in [0.15, 0.2) is 5.60 Å². The number of nitrogens with zero attached hydrogens (tertiary/aromatic N) is 1. The molecule has 0 radical (unpaired) electrons. The van der Waals surface area contributed by atoms with Crippen LogP contribution in [0.2, 0.25) is 5.02 Å². The Morgan fingerprint density at radius 3 is 2.61 bits per heavy atom. The van der Waals surface area contributed by atoms with E-state index in [2.05, 4.69) is 15.6 Å². The normalized spacial score (nSPS) is 22.7. The molecule has 2 N–H and O–H groups in total. The molecule has 2 aromatic rings. The molecule has 1 aromatic carbocycles. The van der Waals surface area contributed by atoms with Crippen molar-refractivity contribution in [3.8, 4) is 5.75 Å². The molecule has 2 heterocycles. The predicted molar refractivity (Wildman–Crippen MR) is 111 cm³/mol. The van der Waals surface area contributed by atoms with E-state index < -0.39 is 52.9 Å². The summed E-state index contributed by atoms with van der Waals surface area (Å²) in [4.78, 5) is 28.7. The SMILES string of the molecule is CNC(=O)c1cc(NC(=O)[C@H]2O[C@](C)(C(F)(F)F)C[C@H]2c2ccc(F)c(Cl)c2OC)ccn1. The molecule has 0 aliphatic carbocycles. The van der Waals surface area contributed by atoms with Crippen LogP contribution in [0.4, 0.5) is 23.2 Å². The van der Waals surface area contributed by atoms with E-state index in [-0.39, 0.29) is 22.7 Å². The lowest BCUT2D eigenvalue weighted by molar-refractivity contribution is -0.261. The van der Waals surface area contributed by atoms with Crippen LogP contribution >= 0.6 is 11.6 Å². The Balaban J connectivity index is 2.00. The summed E-state index contributed by atoms with van der Waals surface area (Å²) in [6.45, 7) is 0.834. The van der Waals surface area contributed by atoms with Crippen LogP contribution in [0.5, 0.6) is 5.75 Å². The van der Waals surface area contributed by atoms with Gasteiger partial charge in [-0.1, -0.05) is 17.7 Å². The number of pyridine rings is 1. The van der Waals surface area contributed by atoms with Crippen LogP contribution in [-0.4, -0.2) is 48.8 Å². The molecule has 0 saturated carbocycles. The molecular formula is C21H20ClF4N3O4. The highest BCUT2D eigenvalue weighted by molar-refractivity contribution is 6.32. The summed E-state index contributed by atoms with van der Waals surface area (Å²) >= 11 is 5.95. The first-order chi connectivity index (χ1) is 15.4. The molecule has 1 aliphatic heterocycles. The van der Waals surface area contributed by atoms with Crippen LogP contribution in [-0.2, 0) is 9.53 Å². The Morgan fingerprint density at radius 2 is 2.00 bits per heavy atom. The molecule has 1 saturated heterocycles. The first kappa shape index (κ1) is 24.7. The molecule has 3 atom stereocenters. The zero-order valence-corrected chi connectivity index (χ0v) is 18.5. The molecule has 0 unspecified atom stereocenters. The van der Waals surface area contributed by atoms with Crippen molar-refractivity contribution in [3.63, 3.8) is 0 Å². The first-order valence-electron chi connectivity index (χ1n) is 9.67. The van der Waals surface area contributed by atoms with Gasteiger partial charge in [0, 0.05) is 30.4 Å². The van der Waals surface area contributed by atoms with Gasteiger partial charge in [-0.3, -0.25) is 14.6 Å². The fraction of sp³-hybridized carbons (Fsp3) is 0.381. The molecule has 3 rings (SSSR count). The first-order valence-corrected chi connectivity index (χ1v) is 10.0. The number of carbonyl (C=O) groups is 2. The maximum Gasteiger partial charge on any atom is 0.417 e. The standard InChI is InChI=1S/C21H20ClF4N3O4/c1-20(21(24,25)26)9-12(11-4-5-13(23)15(22)16(11)32-3)17(33-20)19(31)29-10-6-7-28-14(8-10)18(30)27-2/h4-8,12,17H,9H2,1-3H3,(H,27,30)(H,28,29,31)/t12-,17-,20-/m0/s1. The smallest absolute Gasteiger partial charge is 0.417 e. The highest BCUT2D eigenvalue weighted by atomic mass is 35.5. The summed E-state index contributed by atoms with van der Waals surface area (Å²) in [6, 6.07) is 4.83. The number of alkyl halides is 3. The van der Waals surface area contributed by atoms with Crippen LogP contribution in [0.1, 0.15) is 35.3 Å². The Morgan fingerprint density at radius 1 is 1.30 bits per heavy atom. The minimum absolute atomic E-state index is 0.00805. The number of hydrogen-bond acceptors (Lipinski definition) is 5. The molecule has 33 heavy (non-hydrogen) atoms. The van der Waals surface area contributed by atoms with Gasteiger partial charge in [-0.25, -0.2) is 4.39 Å². The topological polar surface area (TPSA) is 89.6 Å². The number of nitrogens with one attached hydrogen (secondary N) is 2. The fourth-order valence-corrected chi connectivity index (χ4v) is 3.90. The molecule has 0 spiro atoms. The number of halogens is 5. The van der Waals surface area contributed by atoms with E-state index in [0.717, 1.165) is 13.0 Å². The van der Waals surface area contributed by atoms with Gasteiger partial charge < -0.3 is 20.1 Å². The third-order valence-corrected chi connectivity index (χ3v) is 5.74. The van der Waals surface area contributed by atoms with E-state index in [4.69, 9.17) is 21.1 Å². The van der Waals surface area contributed by atoms with Gasteiger partial charge in [0.05, 0.1) is 7.11 Å². The van der Waals surface area contributed by atoms with Crippen molar-refractivity contribution in [1.82, 2.24) is 10.3 Å². The van der Waals surface area contributed by atoms with E-state index in [1.807, 2.05) is 0 Å². The quantitative estimate of drug-likeness (QED) is 0.618. The molecule has 1 fully saturated rings. The summed E-state index contributed by atoms with van der Waals surface area (Å²) in [7, 11) is 2.58. The fourth-order valence-electron chi connectivity index (χ4n) is 3.65. The van der Waals surface area contributed by atoms with Crippen LogP contribution in [0.25, 0.3) is 0 Å². The molecule has 2 amide bonds. The second kappa shape index (κ2) is 9.14. The van der Waals surface area contributed by atoms with Crippen molar-refractivity contribution in [1.29, 1.82) is 0 Å². The second-order valence-corrected chi connectivity index (χ2v) is 7.94. The van der Waals surface area contributed by atoms with Crippen LogP contribution < -0.4 is 15.4 Å². The molecule has 7 nitrogen and oxygen atoms in total. The number of aromatic nitrogens is 1. The number of carbonyl (C=O) groups excluding carboxylic acids is 2. The summed E-state index contributed by atoms with van der Waals surface area (Å²) in [6.07, 6.45) is -5.79. The lowest BCUT2D eigenvalue weighted by atomic mass is 9.86. The van der Waals surface area contributed by atoms with Gasteiger partial charge in [0.2, 0.25) is 0 Å². The van der Waals surface area contributed by atoms with Crippen LogP contribution in [0, 0.1) is 5.82 Å². The third-order valence-electron chi connectivity index (χ3n) is 5.39. The van der Waals surface area contributed by atoms with Crippen molar-refractivity contribution in [2.24, 2.45) is 0 Å². The molecule has 1 aromatic heterocycles. The average molecular weight is 490 g/mol. The number of ether oxygens (including phenoxy) is 2. The van der Waals surface area contributed by atoms with Gasteiger partial charge in [0.25, 0.3) is 11.8 Å². The second-order valence-electron chi connectivity index (χ2n) is 7.56. The van der Waals surface area contributed by atoms with Crippen LogP contribution in [0.15, 0.2) is 30.5 Å². The van der Waals surface area contributed by atoms with Gasteiger partial charge in [-0.2, -0.15) is 13.2 Å². The summed E-state index contributed by atoms with van der Waals surface area (Å²) in [5.74, 6) is -3.58. The Labute approximate surface area is 191 Å². The predicted octanol–water partition coefficient (Wildman–Crippen LogP) is 4.07. The van der Waals surface area contributed by atoms with Crippen molar-refractivity contribution in [3.05, 3.63) is 52.6 Å². The minimum atomic E-state index is -4.79. The van der Waals surface area contributed by atoms with E-state index >= 15 is 0 Å². The maximum atomic E-state index is 13.9. The third kappa shape index (κ3) is 4.74. The lowest BCUT2D eigenvalue weighted by Crippen LogP contribution is -2.43. The number of amides is 2. The molecule has 12 heteroatoms. The van der Waals surface area contributed by atoms with Gasteiger partial charge >= 0.3 is 6.18 Å². The zero-order valence-electron chi connectivity index (χ0n) is 17.7. The molecule has 1 aliphatic rings. The number of methoxy groups -OCH3 is 1. The summed E-state index contributed by atoms with van der Waals surface area (Å²) < 4.78 is 65.6. The highest BCUT2D eigenvalue weighted by Gasteiger charge is 2.61. The maximum absolute atomic E-state index is 13.9. The summed E-state index contributed by atoms with van der Waals surface area (Å²) in [5.41, 5.74) is -2.44. The average Bonchev–Trinajstić information content (AvgIpc) is 3.14. The van der Waals surface area contributed by atoms with E-state index in [1.54, 1.807) is 0 Å². The molecular weight excluding hydrogens is 470 g/mol. The van der Waals surface area contributed by atoms with E-state index in [9.17, 15) is 27.2 Å². The Kier molecular flexibility index (Phi) is 6.85. The van der Waals surface area contributed by atoms with Gasteiger partial charge in [0.1, 0.15) is 28.4 Å². The van der Waals surface area contributed by atoms with Gasteiger partial charge in [-0.15, -0.1) is 0 Å². The number of rotatable bonds is 5.